The second-order valence-corrected chi connectivity index (χ2v) is 2.70. The molecule has 1 aliphatic rings. The number of aliphatic hydroxyl groups is 1. The average Bonchev–Trinajstić information content (AvgIpc) is 2.13. The molecular weight excluding hydrogens is 127 g/mol. The van der Waals surface area contributed by atoms with Crippen molar-refractivity contribution in [3.05, 3.63) is 0 Å². The predicted molar refractivity (Wildman–Crippen MR) is 41.3 cm³/mol. The van der Waals surface area contributed by atoms with Gasteiger partial charge in [0.2, 0.25) is 0 Å². The Kier molecular flexibility index (Phi) is 2.36. The van der Waals surface area contributed by atoms with Crippen LogP contribution >= 0.6 is 0 Å². The summed E-state index contributed by atoms with van der Waals surface area (Å²) in [5.74, 6) is 2.48. The van der Waals surface area contributed by atoms with Crippen molar-refractivity contribution in [2.45, 2.75) is 31.1 Å². The number of terminal acetylenes is 1. The Bertz CT molecular complexity index is 152. The molecule has 0 saturated carbocycles. The normalized spacial score (nSPS) is 39.4. The summed E-state index contributed by atoms with van der Waals surface area (Å²) in [6, 6.07) is 0.161. The molecule has 0 aliphatic carbocycles. The minimum Gasteiger partial charge on any atom is -0.390 e. The molecule has 1 N–H and O–H groups in total. The Morgan fingerprint density at radius 2 is 2.50 bits per heavy atom. The topological polar surface area (TPSA) is 29.5 Å². The Balaban J connectivity index is 2.40. The number of aliphatic hydroxyl groups excluding tert-OH is 1. The van der Waals surface area contributed by atoms with Gasteiger partial charge in [-0.05, 0) is 6.42 Å². The number of ether oxygens (including phenoxy) is 1. The summed E-state index contributed by atoms with van der Waals surface area (Å²) >= 11 is 0. The van der Waals surface area contributed by atoms with E-state index in [4.69, 9.17) is 11.2 Å². The van der Waals surface area contributed by atoms with Gasteiger partial charge in [0.15, 0.2) is 0 Å². The second-order valence-electron chi connectivity index (χ2n) is 2.70. The van der Waals surface area contributed by atoms with E-state index < -0.39 is 0 Å². The van der Waals surface area contributed by atoms with Crippen molar-refractivity contribution in [2.24, 2.45) is 0 Å². The predicted octanol–water partition coefficient (Wildman–Crippen LogP) is -0.881. The second kappa shape index (κ2) is 3.09. The molecule has 1 aliphatic heterocycles. The number of rotatable bonds is 1. The first-order chi connectivity index (χ1) is 4.74. The number of hydrogen-bond acceptors (Lipinski definition) is 2. The Hall–Kier alpha value is -0.455. The lowest BCUT2D eigenvalue weighted by Gasteiger charge is -2.09. The molecule has 1 heterocycles. The fourth-order valence-corrected chi connectivity index (χ4v) is 1.24. The van der Waals surface area contributed by atoms with Gasteiger partial charge in [0, 0.05) is 12.4 Å². The first-order valence-electron chi connectivity index (χ1n) is 3.51. The molecule has 0 aromatic carbocycles. The summed E-state index contributed by atoms with van der Waals surface area (Å²) in [5, 5.41) is 9.27. The van der Waals surface area contributed by atoms with Crippen LogP contribution < -0.4 is 0 Å². The van der Waals surface area contributed by atoms with Gasteiger partial charge in [-0.25, -0.2) is 0 Å². The molecule has 0 spiro atoms. The molecule has 0 amide bonds. The molecule has 3 heteroatoms. The van der Waals surface area contributed by atoms with Crippen molar-refractivity contribution in [1.82, 2.24) is 0 Å². The highest BCUT2D eigenvalue weighted by atomic mass is 16.5. The molecule has 0 bridgehead atoms. The summed E-state index contributed by atoms with van der Waals surface area (Å²) in [4.78, 5) is 0. The highest BCUT2D eigenvalue weighted by Gasteiger charge is 2.29. The van der Waals surface area contributed by atoms with Gasteiger partial charge in [-0.3, -0.25) is 0 Å². The van der Waals surface area contributed by atoms with Gasteiger partial charge in [-0.15, -0.1) is 12.3 Å². The van der Waals surface area contributed by atoms with E-state index in [2.05, 4.69) is 5.92 Å². The molecule has 0 aromatic heterocycles. The third-order valence-electron chi connectivity index (χ3n) is 1.73. The zero-order chi connectivity index (χ0) is 7.56. The smallest absolute Gasteiger partial charge is 0.139 e. The van der Waals surface area contributed by atoms with Gasteiger partial charge >= 0.3 is 0 Å². The van der Waals surface area contributed by atoms with E-state index in [1.165, 1.54) is 0 Å². The molecular formula is C7H11BO2. The van der Waals surface area contributed by atoms with Crippen LogP contribution in [0, 0.1) is 12.3 Å². The summed E-state index contributed by atoms with van der Waals surface area (Å²) in [6.45, 7) is 0. The van der Waals surface area contributed by atoms with Gasteiger partial charge in [0.25, 0.3) is 0 Å². The standard InChI is InChI=1S/C7H11BO2/c1-2-3-6-5(9)4-7(8)10-6/h1,5-7,9H,3-4,8H2/t5-,6-,7-/m1/s1. The largest absolute Gasteiger partial charge is 0.390 e. The lowest BCUT2D eigenvalue weighted by atomic mass is 9.96. The van der Waals surface area contributed by atoms with Gasteiger partial charge < -0.3 is 9.84 Å². The maximum Gasteiger partial charge on any atom is 0.139 e. The van der Waals surface area contributed by atoms with Gasteiger partial charge in [-0.2, -0.15) is 0 Å². The van der Waals surface area contributed by atoms with Crippen LogP contribution in [0.1, 0.15) is 12.8 Å². The molecule has 0 unspecified atom stereocenters. The Labute approximate surface area is 62.0 Å². The summed E-state index contributed by atoms with van der Waals surface area (Å²) in [6.07, 6.45) is 5.83. The first-order valence-corrected chi connectivity index (χ1v) is 3.51. The van der Waals surface area contributed by atoms with E-state index in [-0.39, 0.29) is 18.2 Å². The van der Waals surface area contributed by atoms with E-state index in [0.717, 1.165) is 0 Å². The molecule has 54 valence electrons. The summed E-state index contributed by atoms with van der Waals surface area (Å²) in [7, 11) is 1.94. The molecule has 1 fully saturated rings. The van der Waals surface area contributed by atoms with Crippen molar-refractivity contribution in [2.75, 3.05) is 0 Å². The molecule has 0 aromatic rings. The molecule has 3 atom stereocenters. The fourth-order valence-electron chi connectivity index (χ4n) is 1.24. The van der Waals surface area contributed by atoms with Crippen LogP contribution in [0.25, 0.3) is 0 Å². The van der Waals surface area contributed by atoms with Crippen LogP contribution in [0.5, 0.6) is 0 Å². The molecule has 0 radical (unpaired) electrons. The fraction of sp³-hybridized carbons (Fsp3) is 0.714. The third kappa shape index (κ3) is 1.53. The monoisotopic (exact) mass is 138 g/mol. The maximum absolute atomic E-state index is 9.27. The minimum absolute atomic E-state index is 0.125. The highest BCUT2D eigenvalue weighted by Crippen LogP contribution is 2.19. The van der Waals surface area contributed by atoms with E-state index in [9.17, 15) is 5.11 Å². The Morgan fingerprint density at radius 1 is 1.80 bits per heavy atom. The molecule has 1 saturated heterocycles. The average molecular weight is 138 g/mol. The van der Waals surface area contributed by atoms with Crippen LogP contribution in [0.4, 0.5) is 0 Å². The Morgan fingerprint density at radius 3 is 2.90 bits per heavy atom. The van der Waals surface area contributed by atoms with E-state index in [1.54, 1.807) is 0 Å². The van der Waals surface area contributed by atoms with Gasteiger partial charge in [0.05, 0.1) is 12.2 Å². The third-order valence-corrected chi connectivity index (χ3v) is 1.73. The maximum atomic E-state index is 9.27. The van der Waals surface area contributed by atoms with Crippen LogP contribution in [-0.2, 0) is 4.74 Å². The summed E-state index contributed by atoms with van der Waals surface area (Å²) < 4.78 is 5.32. The zero-order valence-corrected chi connectivity index (χ0v) is 6.08. The first kappa shape index (κ1) is 7.65. The van der Waals surface area contributed by atoms with E-state index in [0.29, 0.717) is 12.8 Å². The van der Waals surface area contributed by atoms with Crippen molar-refractivity contribution >= 4 is 7.85 Å². The SMILES string of the molecule is B[C@H]1C[C@@H](O)[C@@H](CC#C)O1. The van der Waals surface area contributed by atoms with Crippen LogP contribution in [0.2, 0.25) is 0 Å². The minimum atomic E-state index is -0.356. The van der Waals surface area contributed by atoms with E-state index >= 15 is 0 Å². The lowest BCUT2D eigenvalue weighted by Crippen LogP contribution is -2.19. The molecule has 2 nitrogen and oxygen atoms in total. The lowest BCUT2D eigenvalue weighted by molar-refractivity contribution is 0.0364. The van der Waals surface area contributed by atoms with Crippen molar-refractivity contribution in [3.63, 3.8) is 0 Å². The molecule has 1 rings (SSSR count). The van der Waals surface area contributed by atoms with Crippen LogP contribution in [-0.4, -0.2) is 31.2 Å². The van der Waals surface area contributed by atoms with Crippen LogP contribution in [0.3, 0.4) is 0 Å². The zero-order valence-electron chi connectivity index (χ0n) is 6.08. The van der Waals surface area contributed by atoms with Gasteiger partial charge in [0.1, 0.15) is 7.85 Å². The van der Waals surface area contributed by atoms with Crippen molar-refractivity contribution in [3.8, 4) is 12.3 Å². The van der Waals surface area contributed by atoms with Crippen molar-refractivity contribution < 1.29 is 9.84 Å². The highest BCUT2D eigenvalue weighted by molar-refractivity contribution is 6.11. The van der Waals surface area contributed by atoms with E-state index in [1.807, 2.05) is 7.85 Å². The van der Waals surface area contributed by atoms with Crippen LogP contribution in [0.15, 0.2) is 0 Å². The quantitative estimate of drug-likeness (QED) is 0.376. The van der Waals surface area contributed by atoms with Crippen molar-refractivity contribution in [1.29, 1.82) is 0 Å². The molecule has 10 heavy (non-hydrogen) atoms. The number of hydrogen-bond donors (Lipinski definition) is 1. The summed E-state index contributed by atoms with van der Waals surface area (Å²) in [5.41, 5.74) is 0. The van der Waals surface area contributed by atoms with Gasteiger partial charge in [-0.1, -0.05) is 0 Å².